The Hall–Kier alpha value is -3.25. The highest BCUT2D eigenvalue weighted by atomic mass is 32.1. The van der Waals surface area contributed by atoms with Gasteiger partial charge in [-0.1, -0.05) is 61.4 Å². The maximum Gasteiger partial charge on any atom is 0.247 e. The van der Waals surface area contributed by atoms with Crippen LogP contribution in [0.4, 0.5) is 0 Å². The summed E-state index contributed by atoms with van der Waals surface area (Å²) in [6.45, 7) is 4.21. The lowest BCUT2D eigenvalue weighted by Gasteiger charge is -2.18. The lowest BCUT2D eigenvalue weighted by atomic mass is 10.0. The second kappa shape index (κ2) is 10.4. The maximum atomic E-state index is 12.8. The van der Waals surface area contributed by atoms with Crippen molar-refractivity contribution >= 4 is 17.2 Å². The van der Waals surface area contributed by atoms with E-state index in [0.29, 0.717) is 18.2 Å². The summed E-state index contributed by atoms with van der Waals surface area (Å²) in [5.74, 6) is 0.896. The number of thiophene rings is 1. The highest BCUT2D eigenvalue weighted by Gasteiger charge is 2.19. The molecule has 2 heterocycles. The Bertz CT molecular complexity index is 1130. The molecule has 0 aliphatic carbocycles. The molecular weight excluding hydrogens is 418 g/mol. The standard InChI is InChI=1S/C26H27N3O2S/c1-3-5-19-9-13-20(14-10-19)25(22-6-4-17-32-22)27-23(30)15-16-24-28-29-26(31-24)21-11-7-18(2)8-12-21/h4,6-14,17,25H,3,5,15-16H2,1-2H3,(H,27,30). The number of nitrogens with one attached hydrogen (secondary N) is 1. The van der Waals surface area contributed by atoms with Gasteiger partial charge in [-0.05, 0) is 48.1 Å². The Balaban J connectivity index is 1.40. The van der Waals surface area contributed by atoms with Gasteiger partial charge >= 0.3 is 0 Å². The van der Waals surface area contributed by atoms with Gasteiger partial charge < -0.3 is 9.73 Å². The number of hydrogen-bond donors (Lipinski definition) is 1. The molecule has 0 spiro atoms. The van der Waals surface area contributed by atoms with Crippen molar-refractivity contribution in [1.82, 2.24) is 15.5 Å². The monoisotopic (exact) mass is 445 g/mol. The van der Waals surface area contributed by atoms with Crippen LogP contribution in [-0.2, 0) is 17.6 Å². The molecule has 1 N–H and O–H groups in total. The first-order chi connectivity index (χ1) is 15.6. The number of carbonyl (C=O) groups excluding carboxylic acids is 1. The summed E-state index contributed by atoms with van der Waals surface area (Å²) in [4.78, 5) is 13.9. The molecule has 6 heteroatoms. The van der Waals surface area contributed by atoms with E-state index in [1.807, 2.05) is 42.6 Å². The average Bonchev–Trinajstić information content (AvgIpc) is 3.50. The molecule has 2 aromatic carbocycles. The number of rotatable bonds is 9. The van der Waals surface area contributed by atoms with E-state index >= 15 is 0 Å². The van der Waals surface area contributed by atoms with Gasteiger partial charge in [0.05, 0.1) is 6.04 Å². The third-order valence-electron chi connectivity index (χ3n) is 5.32. The molecule has 1 unspecified atom stereocenters. The van der Waals surface area contributed by atoms with Crippen molar-refractivity contribution in [3.8, 4) is 11.5 Å². The van der Waals surface area contributed by atoms with Crippen LogP contribution in [0.2, 0.25) is 0 Å². The van der Waals surface area contributed by atoms with Crippen molar-refractivity contribution < 1.29 is 9.21 Å². The molecule has 0 saturated heterocycles. The van der Waals surface area contributed by atoms with E-state index < -0.39 is 0 Å². The molecule has 0 aliphatic rings. The van der Waals surface area contributed by atoms with Crippen LogP contribution >= 0.6 is 11.3 Å². The molecule has 164 valence electrons. The zero-order chi connectivity index (χ0) is 22.3. The molecule has 5 nitrogen and oxygen atoms in total. The summed E-state index contributed by atoms with van der Waals surface area (Å²) in [7, 11) is 0. The van der Waals surface area contributed by atoms with E-state index in [9.17, 15) is 4.79 Å². The largest absolute Gasteiger partial charge is 0.421 e. The SMILES string of the molecule is CCCc1ccc(C(NC(=O)CCc2nnc(-c3ccc(C)cc3)o2)c2cccs2)cc1. The first-order valence-corrected chi connectivity index (χ1v) is 11.8. The average molecular weight is 446 g/mol. The van der Waals surface area contributed by atoms with Crippen molar-refractivity contribution in [2.45, 2.75) is 45.6 Å². The maximum absolute atomic E-state index is 12.8. The zero-order valence-corrected chi connectivity index (χ0v) is 19.2. The molecule has 1 amide bonds. The van der Waals surface area contributed by atoms with Gasteiger partial charge in [-0.3, -0.25) is 4.79 Å². The predicted molar refractivity (Wildman–Crippen MR) is 128 cm³/mol. The summed E-state index contributed by atoms with van der Waals surface area (Å²) in [5, 5.41) is 13.4. The van der Waals surface area contributed by atoms with Crippen LogP contribution in [0.1, 0.15) is 53.3 Å². The van der Waals surface area contributed by atoms with Crippen LogP contribution in [-0.4, -0.2) is 16.1 Å². The number of aryl methyl sites for hydroxylation is 3. The quantitative estimate of drug-likeness (QED) is 0.348. The summed E-state index contributed by atoms with van der Waals surface area (Å²) >= 11 is 1.64. The van der Waals surface area contributed by atoms with Gasteiger partial charge in [-0.2, -0.15) is 0 Å². The van der Waals surface area contributed by atoms with Gasteiger partial charge in [-0.25, -0.2) is 0 Å². The van der Waals surface area contributed by atoms with Gasteiger partial charge in [0.2, 0.25) is 17.7 Å². The second-order valence-electron chi connectivity index (χ2n) is 7.87. The molecule has 32 heavy (non-hydrogen) atoms. The number of aromatic nitrogens is 2. The molecule has 4 rings (SSSR count). The fourth-order valence-electron chi connectivity index (χ4n) is 3.56. The molecule has 1 atom stereocenters. The normalized spacial score (nSPS) is 11.9. The minimum atomic E-state index is -0.163. The highest BCUT2D eigenvalue weighted by Crippen LogP contribution is 2.27. The highest BCUT2D eigenvalue weighted by molar-refractivity contribution is 7.10. The predicted octanol–water partition coefficient (Wildman–Crippen LogP) is 5.90. The van der Waals surface area contributed by atoms with Crippen LogP contribution in [0.25, 0.3) is 11.5 Å². The third kappa shape index (κ3) is 5.51. The topological polar surface area (TPSA) is 68.0 Å². The zero-order valence-electron chi connectivity index (χ0n) is 18.4. The number of hydrogen-bond acceptors (Lipinski definition) is 5. The number of amides is 1. The lowest BCUT2D eigenvalue weighted by Crippen LogP contribution is -2.29. The number of carbonyl (C=O) groups is 1. The summed E-state index contributed by atoms with van der Waals surface area (Å²) < 4.78 is 5.76. The van der Waals surface area contributed by atoms with E-state index in [1.54, 1.807) is 11.3 Å². The van der Waals surface area contributed by atoms with Crippen molar-refractivity contribution in [2.75, 3.05) is 0 Å². The summed E-state index contributed by atoms with van der Waals surface area (Å²) in [5.41, 5.74) is 4.45. The van der Waals surface area contributed by atoms with Crippen molar-refractivity contribution in [2.24, 2.45) is 0 Å². The number of benzene rings is 2. The lowest BCUT2D eigenvalue weighted by molar-refractivity contribution is -0.121. The van der Waals surface area contributed by atoms with Gasteiger partial charge in [0.1, 0.15) is 0 Å². The Morgan fingerprint density at radius 1 is 1.03 bits per heavy atom. The fourth-order valence-corrected chi connectivity index (χ4v) is 4.36. The van der Waals surface area contributed by atoms with Gasteiger partial charge in [0.15, 0.2) is 0 Å². The Kier molecular flexibility index (Phi) is 7.12. The van der Waals surface area contributed by atoms with Gasteiger partial charge in [-0.15, -0.1) is 21.5 Å². The molecule has 0 radical (unpaired) electrons. The van der Waals surface area contributed by atoms with Crippen LogP contribution in [0, 0.1) is 6.92 Å². The van der Waals surface area contributed by atoms with E-state index in [-0.39, 0.29) is 18.4 Å². The van der Waals surface area contributed by atoms with Gasteiger partial charge in [0.25, 0.3) is 0 Å². The van der Waals surface area contributed by atoms with Crippen molar-refractivity contribution in [3.63, 3.8) is 0 Å². The van der Waals surface area contributed by atoms with E-state index in [1.165, 1.54) is 11.1 Å². The first-order valence-electron chi connectivity index (χ1n) is 10.9. The smallest absolute Gasteiger partial charge is 0.247 e. The molecule has 0 bridgehead atoms. The van der Waals surface area contributed by atoms with Crippen LogP contribution in [0.5, 0.6) is 0 Å². The first kappa shape index (κ1) is 22.0. The molecule has 2 aromatic heterocycles. The Labute approximate surface area is 192 Å². The van der Waals surface area contributed by atoms with Crippen LogP contribution in [0.15, 0.2) is 70.5 Å². The van der Waals surface area contributed by atoms with Crippen LogP contribution in [0.3, 0.4) is 0 Å². The van der Waals surface area contributed by atoms with Crippen molar-refractivity contribution in [1.29, 1.82) is 0 Å². The Morgan fingerprint density at radius 3 is 2.50 bits per heavy atom. The molecular formula is C26H27N3O2S. The minimum absolute atomic E-state index is 0.0453. The number of nitrogens with zero attached hydrogens (tertiary/aromatic N) is 2. The van der Waals surface area contributed by atoms with Crippen LogP contribution < -0.4 is 5.32 Å². The second-order valence-corrected chi connectivity index (χ2v) is 8.85. The van der Waals surface area contributed by atoms with Gasteiger partial charge in [0, 0.05) is 23.3 Å². The Morgan fingerprint density at radius 2 is 1.81 bits per heavy atom. The van der Waals surface area contributed by atoms with Crippen molar-refractivity contribution in [3.05, 3.63) is 93.5 Å². The molecule has 0 aliphatic heterocycles. The summed E-state index contributed by atoms with van der Waals surface area (Å²) in [6, 6.07) is 20.4. The molecule has 4 aromatic rings. The fraction of sp³-hybridized carbons (Fsp3) is 0.269. The van der Waals surface area contributed by atoms with E-state index in [4.69, 9.17) is 4.42 Å². The minimum Gasteiger partial charge on any atom is -0.421 e. The third-order valence-corrected chi connectivity index (χ3v) is 6.25. The summed E-state index contributed by atoms with van der Waals surface area (Å²) in [6.07, 6.45) is 2.86. The van der Waals surface area contributed by atoms with E-state index in [2.05, 4.69) is 52.8 Å². The molecule has 0 saturated carbocycles. The van der Waals surface area contributed by atoms with E-state index in [0.717, 1.165) is 28.8 Å². The molecule has 0 fully saturated rings.